The summed E-state index contributed by atoms with van der Waals surface area (Å²) in [6.07, 6.45) is 5.85. The summed E-state index contributed by atoms with van der Waals surface area (Å²) in [5, 5.41) is 9.55. The molecule has 0 radical (unpaired) electrons. The van der Waals surface area contributed by atoms with E-state index >= 15 is 0 Å². The fraction of sp³-hybridized carbons (Fsp3) is 0.182. The largest absolute Gasteiger partial charge is 1.00 e. The number of aromatic nitrogens is 3. The zero-order valence-electron chi connectivity index (χ0n) is 15.7. The van der Waals surface area contributed by atoms with E-state index in [4.69, 9.17) is 10.2 Å². The van der Waals surface area contributed by atoms with Gasteiger partial charge in [-0.2, -0.15) is 0 Å². The topological polar surface area (TPSA) is 30.7 Å². The van der Waals surface area contributed by atoms with Gasteiger partial charge in [0, 0.05) is 0 Å². The van der Waals surface area contributed by atoms with E-state index in [9.17, 15) is 0 Å². The van der Waals surface area contributed by atoms with Crippen LogP contribution in [0.5, 0.6) is 0 Å². The molecule has 3 nitrogen and oxygen atoms in total. The van der Waals surface area contributed by atoms with Gasteiger partial charge >= 0.3 is 165 Å². The van der Waals surface area contributed by atoms with Crippen LogP contribution >= 0.6 is 0 Å². The third-order valence-corrected chi connectivity index (χ3v) is 11.9. The van der Waals surface area contributed by atoms with Crippen molar-refractivity contribution in [2.24, 2.45) is 0 Å². The summed E-state index contributed by atoms with van der Waals surface area (Å²) in [5.41, 5.74) is 8.99. The van der Waals surface area contributed by atoms with Gasteiger partial charge in [0.15, 0.2) is 0 Å². The second kappa shape index (κ2) is 8.48. The normalized spacial score (nSPS) is 17.4. The fourth-order valence-corrected chi connectivity index (χ4v) is 10.0. The minimum Gasteiger partial charge on any atom is -1.00 e. The van der Waals surface area contributed by atoms with E-state index in [1.54, 1.807) is 3.33 Å². The van der Waals surface area contributed by atoms with Crippen LogP contribution in [0.3, 0.4) is 0 Å². The van der Waals surface area contributed by atoms with Crippen molar-refractivity contribution in [2.75, 3.05) is 0 Å². The Labute approximate surface area is 188 Å². The molecule has 1 heterocycles. The van der Waals surface area contributed by atoms with Gasteiger partial charge in [0.25, 0.3) is 0 Å². The van der Waals surface area contributed by atoms with Crippen LogP contribution in [0.15, 0.2) is 69.1 Å². The molecule has 140 valence electrons. The van der Waals surface area contributed by atoms with Crippen molar-refractivity contribution in [3.8, 4) is 0 Å². The van der Waals surface area contributed by atoms with Crippen molar-refractivity contribution in [1.82, 2.24) is 15.0 Å². The van der Waals surface area contributed by atoms with E-state index < -0.39 is 22.9 Å². The van der Waals surface area contributed by atoms with Crippen molar-refractivity contribution in [1.29, 1.82) is 0 Å². The third-order valence-electron chi connectivity index (χ3n) is 5.40. The first-order chi connectivity index (χ1) is 12.7. The first-order valence-corrected chi connectivity index (χ1v) is 12.8. The molecule has 3 aromatic rings. The Bertz CT molecular complexity index is 1090. The molecular formula is C22H19Cl2HfN3. The molecule has 28 heavy (non-hydrogen) atoms. The number of benzene rings is 2. The summed E-state index contributed by atoms with van der Waals surface area (Å²) in [4.78, 5) is 1.90. The van der Waals surface area contributed by atoms with Crippen LogP contribution in [0, 0.1) is 0 Å². The molecule has 0 aliphatic heterocycles. The number of allylic oxidation sites excluding steroid dienone is 5. The summed E-state index contributed by atoms with van der Waals surface area (Å²) >= 11 is -1.10. The van der Waals surface area contributed by atoms with E-state index in [-0.39, 0.29) is 24.8 Å². The summed E-state index contributed by atoms with van der Waals surface area (Å²) in [5.74, 6) is 0. The van der Waals surface area contributed by atoms with Gasteiger partial charge < -0.3 is 24.8 Å². The predicted octanol–water partition coefficient (Wildman–Crippen LogP) is -0.801. The molecule has 0 amide bonds. The first-order valence-electron chi connectivity index (χ1n) is 8.97. The van der Waals surface area contributed by atoms with Gasteiger partial charge in [-0.05, 0) is 0 Å². The van der Waals surface area contributed by atoms with Crippen LogP contribution < -0.4 is 24.8 Å². The molecule has 0 N–H and O–H groups in total. The average molecular weight is 575 g/mol. The zero-order valence-corrected chi connectivity index (χ0v) is 20.8. The standard InChI is InChI=1S/C15H10N3.C7H9.2ClH.Hf/c1-2-6-12-10-13(9-11(12)5-1)18-16-14-7-3-4-8-15(14)17-18;1-6-4-3-5-7(6)2;;;/h1-10H;4H,3H2,1-2H3;2*1H;/q;;;;+2/p-2. The number of hydrogen-bond acceptors (Lipinski definition) is 2. The monoisotopic (exact) mass is 575 g/mol. The van der Waals surface area contributed by atoms with Gasteiger partial charge in [0.2, 0.25) is 0 Å². The third kappa shape index (κ3) is 3.58. The molecule has 0 saturated heterocycles. The number of hydrogen-bond donors (Lipinski definition) is 0. The molecular weight excluding hydrogens is 556 g/mol. The van der Waals surface area contributed by atoms with E-state index in [2.05, 4.69) is 50.3 Å². The first kappa shape index (κ1) is 21.2. The van der Waals surface area contributed by atoms with Gasteiger partial charge in [0.1, 0.15) is 0 Å². The Morgan fingerprint density at radius 3 is 2.21 bits per heavy atom. The fourth-order valence-electron chi connectivity index (χ4n) is 3.75. The predicted molar refractivity (Wildman–Crippen MR) is 102 cm³/mol. The van der Waals surface area contributed by atoms with Crippen LogP contribution in [0.25, 0.3) is 22.8 Å². The average Bonchev–Trinajstić information content (AvgIpc) is 3.33. The molecule has 0 fully saturated rings. The minimum absolute atomic E-state index is 0. The van der Waals surface area contributed by atoms with E-state index in [1.165, 1.54) is 28.0 Å². The maximum absolute atomic E-state index is 4.78. The second-order valence-corrected chi connectivity index (χ2v) is 12.2. The zero-order chi connectivity index (χ0) is 17.7. The smallest absolute Gasteiger partial charge is 1.00 e. The summed E-state index contributed by atoms with van der Waals surface area (Å²) in [7, 11) is 0. The number of halogens is 2. The van der Waals surface area contributed by atoms with E-state index in [0.29, 0.717) is 3.67 Å². The number of nitrogens with zero attached hydrogens (tertiary/aromatic N) is 3. The molecule has 2 aliphatic rings. The van der Waals surface area contributed by atoms with Crippen molar-refractivity contribution in [3.05, 3.63) is 80.2 Å². The second-order valence-electron chi connectivity index (χ2n) is 6.95. The Morgan fingerprint density at radius 2 is 1.57 bits per heavy atom. The van der Waals surface area contributed by atoms with E-state index in [1.807, 2.05) is 29.1 Å². The van der Waals surface area contributed by atoms with Crippen LogP contribution in [0.2, 0.25) is 0 Å². The maximum atomic E-state index is 4.78. The molecule has 0 spiro atoms. The van der Waals surface area contributed by atoms with Crippen LogP contribution in [-0.2, 0) is 22.9 Å². The van der Waals surface area contributed by atoms with E-state index in [0.717, 1.165) is 17.5 Å². The van der Waals surface area contributed by atoms with Gasteiger partial charge in [-0.1, -0.05) is 0 Å². The molecule has 5 rings (SSSR count). The van der Waals surface area contributed by atoms with Crippen molar-refractivity contribution < 1.29 is 47.7 Å². The van der Waals surface area contributed by atoms with Crippen LogP contribution in [-0.4, -0.2) is 15.0 Å². The Kier molecular flexibility index (Phi) is 6.43. The SMILES string of the molecule is CC1=CC[C]([Hf+2][CH]2C(n3nc4ccccc4n3)=Cc3ccccc32)=C1C.[Cl-].[Cl-]. The number of rotatable bonds is 3. The van der Waals surface area contributed by atoms with Crippen molar-refractivity contribution in [2.45, 2.75) is 23.9 Å². The van der Waals surface area contributed by atoms with Gasteiger partial charge in [-0.25, -0.2) is 0 Å². The molecule has 2 aliphatic carbocycles. The maximum Gasteiger partial charge on any atom is -1.00 e. The quantitative estimate of drug-likeness (QED) is 0.384. The minimum atomic E-state index is -1.10. The molecule has 1 aromatic heterocycles. The summed E-state index contributed by atoms with van der Waals surface area (Å²) in [6, 6.07) is 16.9. The van der Waals surface area contributed by atoms with Crippen molar-refractivity contribution in [3.63, 3.8) is 0 Å². The Balaban J connectivity index is 0.00000112. The molecule has 0 bridgehead atoms. The molecule has 6 heteroatoms. The molecule has 0 saturated carbocycles. The van der Waals surface area contributed by atoms with Gasteiger partial charge in [0.05, 0.1) is 0 Å². The summed E-state index contributed by atoms with van der Waals surface area (Å²) in [6.45, 7) is 4.54. The van der Waals surface area contributed by atoms with Gasteiger partial charge in [-0.15, -0.1) is 0 Å². The molecule has 1 unspecified atom stereocenters. The van der Waals surface area contributed by atoms with Crippen LogP contribution in [0.1, 0.15) is 35.1 Å². The molecule has 1 atom stereocenters. The number of fused-ring (bicyclic) bond motifs is 2. The van der Waals surface area contributed by atoms with Crippen LogP contribution in [0.4, 0.5) is 0 Å². The summed E-state index contributed by atoms with van der Waals surface area (Å²) < 4.78 is 2.23. The molecule has 2 aromatic carbocycles. The Morgan fingerprint density at radius 1 is 0.929 bits per heavy atom. The van der Waals surface area contributed by atoms with Gasteiger partial charge in [-0.3, -0.25) is 0 Å². The Hall–Kier alpha value is -1.49. The van der Waals surface area contributed by atoms with Crippen molar-refractivity contribution >= 4 is 22.8 Å².